The van der Waals surface area contributed by atoms with Crippen molar-refractivity contribution in [2.24, 2.45) is 5.73 Å². The van der Waals surface area contributed by atoms with E-state index >= 15 is 0 Å². The Kier molecular flexibility index (Phi) is 6.11. The van der Waals surface area contributed by atoms with E-state index in [9.17, 15) is 18.0 Å². The predicted octanol–water partition coefficient (Wildman–Crippen LogP) is 2.48. The molecule has 154 valence electrons. The normalized spacial score (nSPS) is 14.6. The molecule has 0 aliphatic carbocycles. The average molecular weight is 438 g/mol. The molecule has 2 aromatic carbocycles. The van der Waals surface area contributed by atoms with Gasteiger partial charge in [-0.1, -0.05) is 11.6 Å². The first-order valence-corrected chi connectivity index (χ1v) is 10.6. The number of hydrogen-bond acceptors (Lipinski definition) is 5. The van der Waals surface area contributed by atoms with Crippen LogP contribution in [0.1, 0.15) is 33.6 Å². The van der Waals surface area contributed by atoms with Gasteiger partial charge in [0.15, 0.2) is 0 Å². The molecule has 1 aliphatic rings. The van der Waals surface area contributed by atoms with Crippen LogP contribution in [0.5, 0.6) is 5.75 Å². The van der Waals surface area contributed by atoms with E-state index in [0.717, 1.165) is 12.8 Å². The van der Waals surface area contributed by atoms with Gasteiger partial charge in [-0.25, -0.2) is 8.42 Å². The lowest BCUT2D eigenvalue weighted by atomic mass is 10.1. The van der Waals surface area contributed by atoms with Crippen LogP contribution in [0.4, 0.5) is 5.69 Å². The minimum absolute atomic E-state index is 0.00759. The molecule has 1 heterocycles. The van der Waals surface area contributed by atoms with Crippen molar-refractivity contribution in [3.8, 4) is 5.75 Å². The fourth-order valence-corrected chi connectivity index (χ4v) is 4.81. The zero-order chi connectivity index (χ0) is 21.2. The smallest absolute Gasteiger partial charge is 0.257 e. The van der Waals surface area contributed by atoms with Gasteiger partial charge in [-0.3, -0.25) is 9.59 Å². The first kappa shape index (κ1) is 21.1. The van der Waals surface area contributed by atoms with Crippen molar-refractivity contribution in [2.45, 2.75) is 17.7 Å². The van der Waals surface area contributed by atoms with E-state index < -0.39 is 21.8 Å². The molecule has 3 rings (SSSR count). The molecule has 0 radical (unpaired) electrons. The maximum Gasteiger partial charge on any atom is 0.257 e. The molecule has 2 aromatic rings. The van der Waals surface area contributed by atoms with Crippen LogP contribution >= 0.6 is 11.6 Å². The van der Waals surface area contributed by atoms with Crippen LogP contribution < -0.4 is 15.8 Å². The Labute approximate surface area is 173 Å². The van der Waals surface area contributed by atoms with Crippen LogP contribution in [0.15, 0.2) is 41.3 Å². The highest BCUT2D eigenvalue weighted by Gasteiger charge is 2.28. The summed E-state index contributed by atoms with van der Waals surface area (Å²) in [6, 6.07) is 8.32. The van der Waals surface area contributed by atoms with E-state index in [-0.39, 0.29) is 26.7 Å². The zero-order valence-corrected chi connectivity index (χ0v) is 17.2. The molecule has 10 heteroatoms. The second-order valence-electron chi connectivity index (χ2n) is 6.49. The molecule has 0 unspecified atom stereocenters. The lowest BCUT2D eigenvalue weighted by Gasteiger charge is -2.17. The Morgan fingerprint density at radius 1 is 1.14 bits per heavy atom. The Morgan fingerprint density at radius 3 is 2.45 bits per heavy atom. The van der Waals surface area contributed by atoms with Crippen molar-refractivity contribution in [1.82, 2.24) is 4.31 Å². The highest BCUT2D eigenvalue weighted by atomic mass is 35.5. The predicted molar refractivity (Wildman–Crippen MR) is 109 cm³/mol. The maximum atomic E-state index is 12.8. The zero-order valence-electron chi connectivity index (χ0n) is 15.6. The van der Waals surface area contributed by atoms with Gasteiger partial charge in [0.25, 0.3) is 5.91 Å². The molecule has 0 bridgehead atoms. The van der Waals surface area contributed by atoms with Crippen molar-refractivity contribution in [3.05, 3.63) is 52.5 Å². The van der Waals surface area contributed by atoms with Gasteiger partial charge in [0.1, 0.15) is 5.75 Å². The van der Waals surface area contributed by atoms with Gasteiger partial charge in [0, 0.05) is 18.7 Å². The standard InChI is InChI=1S/C19H20ClN3O5S/c1-28-17-7-4-12(18(21)24)10-16(17)22-19(25)14-11-13(5-6-15(14)20)29(26,27)23-8-2-3-9-23/h4-7,10-11H,2-3,8-9H2,1H3,(H2,21,24)(H,22,25). The Hall–Kier alpha value is -2.62. The van der Waals surface area contributed by atoms with Crippen LogP contribution in [-0.2, 0) is 10.0 Å². The number of nitrogens with one attached hydrogen (secondary N) is 1. The highest BCUT2D eigenvalue weighted by molar-refractivity contribution is 7.89. The van der Waals surface area contributed by atoms with Gasteiger partial charge >= 0.3 is 0 Å². The number of nitrogens with zero attached hydrogens (tertiary/aromatic N) is 1. The topological polar surface area (TPSA) is 119 Å². The number of rotatable bonds is 6. The molecule has 29 heavy (non-hydrogen) atoms. The Balaban J connectivity index is 1.94. The fourth-order valence-electron chi connectivity index (χ4n) is 3.06. The van der Waals surface area contributed by atoms with E-state index in [1.54, 1.807) is 0 Å². The second-order valence-corrected chi connectivity index (χ2v) is 8.83. The van der Waals surface area contributed by atoms with Crippen molar-refractivity contribution >= 4 is 39.1 Å². The van der Waals surface area contributed by atoms with Crippen LogP contribution in [-0.4, -0.2) is 44.7 Å². The minimum atomic E-state index is -3.71. The summed E-state index contributed by atoms with van der Waals surface area (Å²) in [5.74, 6) is -1.01. The molecule has 2 amide bonds. The summed E-state index contributed by atoms with van der Waals surface area (Å²) in [7, 11) is -2.30. The van der Waals surface area contributed by atoms with E-state index in [1.807, 2.05) is 0 Å². The minimum Gasteiger partial charge on any atom is -0.495 e. The first-order valence-electron chi connectivity index (χ1n) is 8.83. The van der Waals surface area contributed by atoms with Crippen LogP contribution in [0, 0.1) is 0 Å². The number of benzene rings is 2. The number of carbonyl (C=O) groups excluding carboxylic acids is 2. The number of hydrogen-bond donors (Lipinski definition) is 2. The van der Waals surface area contributed by atoms with Gasteiger partial charge in [0.05, 0.1) is 28.3 Å². The molecule has 3 N–H and O–H groups in total. The van der Waals surface area contributed by atoms with Crippen LogP contribution in [0.25, 0.3) is 0 Å². The van der Waals surface area contributed by atoms with E-state index in [1.165, 1.54) is 47.8 Å². The largest absolute Gasteiger partial charge is 0.495 e. The second kappa shape index (κ2) is 8.40. The van der Waals surface area contributed by atoms with Gasteiger partial charge in [-0.05, 0) is 49.2 Å². The first-order chi connectivity index (χ1) is 13.7. The molecule has 8 nitrogen and oxygen atoms in total. The van der Waals surface area contributed by atoms with E-state index in [2.05, 4.69) is 5.32 Å². The molecule has 0 saturated carbocycles. The molecule has 0 aromatic heterocycles. The number of carbonyl (C=O) groups is 2. The summed E-state index contributed by atoms with van der Waals surface area (Å²) >= 11 is 6.15. The molecule has 1 fully saturated rings. The van der Waals surface area contributed by atoms with Gasteiger partial charge < -0.3 is 15.8 Å². The average Bonchev–Trinajstić information content (AvgIpc) is 3.23. The van der Waals surface area contributed by atoms with Gasteiger partial charge in [-0.15, -0.1) is 0 Å². The van der Waals surface area contributed by atoms with Crippen molar-refractivity contribution in [2.75, 3.05) is 25.5 Å². The molecule has 0 atom stereocenters. The quantitative estimate of drug-likeness (QED) is 0.719. The summed E-state index contributed by atoms with van der Waals surface area (Å²) < 4.78 is 32.1. The lowest BCUT2D eigenvalue weighted by Crippen LogP contribution is -2.28. The molecule has 1 aliphatic heterocycles. The Bertz CT molecular complexity index is 1070. The lowest BCUT2D eigenvalue weighted by molar-refractivity contribution is 0.0996. The van der Waals surface area contributed by atoms with Gasteiger partial charge in [0.2, 0.25) is 15.9 Å². The number of halogens is 1. The highest BCUT2D eigenvalue weighted by Crippen LogP contribution is 2.29. The summed E-state index contributed by atoms with van der Waals surface area (Å²) in [5.41, 5.74) is 5.65. The fraction of sp³-hybridized carbons (Fsp3) is 0.263. The number of amides is 2. The third kappa shape index (κ3) is 4.36. The molecule has 0 spiro atoms. The van der Waals surface area contributed by atoms with Crippen molar-refractivity contribution in [1.29, 1.82) is 0 Å². The van der Waals surface area contributed by atoms with Crippen molar-refractivity contribution in [3.63, 3.8) is 0 Å². The summed E-state index contributed by atoms with van der Waals surface area (Å²) in [5, 5.41) is 2.69. The monoisotopic (exact) mass is 437 g/mol. The summed E-state index contributed by atoms with van der Waals surface area (Å²) in [6.45, 7) is 0.896. The molecule has 1 saturated heterocycles. The van der Waals surface area contributed by atoms with Crippen LogP contribution in [0.2, 0.25) is 5.02 Å². The number of primary amides is 1. The van der Waals surface area contributed by atoms with E-state index in [4.69, 9.17) is 22.1 Å². The Morgan fingerprint density at radius 2 is 1.83 bits per heavy atom. The number of anilines is 1. The third-order valence-corrected chi connectivity index (χ3v) is 6.84. The van der Waals surface area contributed by atoms with Crippen LogP contribution in [0.3, 0.4) is 0 Å². The SMILES string of the molecule is COc1ccc(C(N)=O)cc1NC(=O)c1cc(S(=O)(=O)N2CCCC2)ccc1Cl. The number of methoxy groups -OCH3 is 1. The van der Waals surface area contributed by atoms with Gasteiger partial charge in [-0.2, -0.15) is 4.31 Å². The maximum absolute atomic E-state index is 12.8. The molecular weight excluding hydrogens is 418 g/mol. The summed E-state index contributed by atoms with van der Waals surface area (Å²) in [4.78, 5) is 24.2. The van der Waals surface area contributed by atoms with E-state index in [0.29, 0.717) is 18.8 Å². The van der Waals surface area contributed by atoms with Crippen molar-refractivity contribution < 1.29 is 22.7 Å². The number of ether oxygens (including phenoxy) is 1. The third-order valence-electron chi connectivity index (χ3n) is 4.62. The number of sulfonamides is 1. The summed E-state index contributed by atoms with van der Waals surface area (Å²) in [6.07, 6.45) is 1.60. The number of nitrogens with two attached hydrogens (primary N) is 1. The molecular formula is C19H20ClN3O5S.